The minimum Gasteiger partial charge on any atom is -0.353 e. The van der Waals surface area contributed by atoms with E-state index in [4.69, 9.17) is 0 Å². The fourth-order valence-corrected chi connectivity index (χ4v) is 1.04. The van der Waals surface area contributed by atoms with E-state index in [1.54, 1.807) is 0 Å². The Morgan fingerprint density at radius 2 is 2.07 bits per heavy atom. The molecule has 1 rings (SSSR count). The normalized spacial score (nSPS) is 18.9. The first-order chi connectivity index (χ1) is 5.70. The van der Waals surface area contributed by atoms with Gasteiger partial charge in [0.2, 0.25) is 5.91 Å². The molecule has 4 nitrogen and oxygen atoms in total. The molecule has 0 aromatic heterocycles. The van der Waals surface area contributed by atoms with Crippen LogP contribution in [-0.2, 0) is 4.79 Å². The molecule has 6 heteroatoms. The van der Waals surface area contributed by atoms with Gasteiger partial charge in [0.25, 0.3) is 0 Å². The molecule has 1 saturated heterocycles. The minimum absolute atomic E-state index is 0. The highest BCUT2D eigenvalue weighted by molar-refractivity contribution is 5.85. The van der Waals surface area contributed by atoms with Crippen LogP contribution >= 0.6 is 24.8 Å². The second kappa shape index (κ2) is 8.29. The van der Waals surface area contributed by atoms with Gasteiger partial charge in [0, 0.05) is 13.1 Å². The standard InChI is InChI=1S/C8H17N3O.2ClH/c1-11(2)6-5-10-8(12)7-3-4-9-7;;/h7,9H,3-6H2,1-2H3,(H,10,12);2*1H. The highest BCUT2D eigenvalue weighted by Gasteiger charge is 2.23. The summed E-state index contributed by atoms with van der Waals surface area (Å²) in [6.07, 6.45) is 0.980. The Kier molecular flexibility index (Phi) is 9.72. The van der Waals surface area contributed by atoms with E-state index in [-0.39, 0.29) is 36.8 Å². The molecule has 1 unspecified atom stereocenters. The largest absolute Gasteiger partial charge is 0.353 e. The lowest BCUT2D eigenvalue weighted by molar-refractivity contribution is -0.124. The number of rotatable bonds is 4. The first-order valence-electron chi connectivity index (χ1n) is 4.36. The van der Waals surface area contributed by atoms with Crippen molar-refractivity contribution in [2.24, 2.45) is 0 Å². The molecule has 14 heavy (non-hydrogen) atoms. The predicted molar refractivity (Wildman–Crippen MR) is 62.5 cm³/mol. The van der Waals surface area contributed by atoms with Gasteiger partial charge in [-0.2, -0.15) is 0 Å². The van der Waals surface area contributed by atoms with E-state index < -0.39 is 0 Å². The number of hydrogen-bond donors (Lipinski definition) is 2. The van der Waals surface area contributed by atoms with Crippen molar-refractivity contribution in [1.29, 1.82) is 0 Å². The summed E-state index contributed by atoms with van der Waals surface area (Å²) in [7, 11) is 3.99. The van der Waals surface area contributed by atoms with E-state index in [9.17, 15) is 4.79 Å². The number of carbonyl (C=O) groups excluding carboxylic acids is 1. The van der Waals surface area contributed by atoms with Crippen LogP contribution in [0.1, 0.15) is 6.42 Å². The van der Waals surface area contributed by atoms with Gasteiger partial charge in [0.1, 0.15) is 0 Å². The number of nitrogens with one attached hydrogen (secondary N) is 2. The van der Waals surface area contributed by atoms with Crippen LogP contribution in [0.25, 0.3) is 0 Å². The molecule has 1 fully saturated rings. The molecule has 1 heterocycles. The lowest BCUT2D eigenvalue weighted by atomic mass is 10.1. The predicted octanol–water partition coefficient (Wildman–Crippen LogP) is -0.130. The van der Waals surface area contributed by atoms with E-state index in [1.165, 1.54) is 0 Å². The first-order valence-corrected chi connectivity index (χ1v) is 4.36. The molecule has 0 aliphatic carbocycles. The van der Waals surface area contributed by atoms with Crippen molar-refractivity contribution in [2.75, 3.05) is 33.7 Å². The van der Waals surface area contributed by atoms with Crippen molar-refractivity contribution in [3.8, 4) is 0 Å². The van der Waals surface area contributed by atoms with Crippen molar-refractivity contribution in [2.45, 2.75) is 12.5 Å². The summed E-state index contributed by atoms with van der Waals surface area (Å²) >= 11 is 0. The fraction of sp³-hybridized carbons (Fsp3) is 0.875. The smallest absolute Gasteiger partial charge is 0.237 e. The Morgan fingerprint density at radius 1 is 1.50 bits per heavy atom. The Labute approximate surface area is 97.6 Å². The zero-order chi connectivity index (χ0) is 8.97. The molecule has 1 atom stereocenters. The molecular weight excluding hydrogens is 225 g/mol. The van der Waals surface area contributed by atoms with Gasteiger partial charge in [-0.25, -0.2) is 0 Å². The van der Waals surface area contributed by atoms with Crippen LogP contribution in [0.3, 0.4) is 0 Å². The number of carbonyl (C=O) groups is 1. The Balaban J connectivity index is 0. The average Bonchev–Trinajstić information content (AvgIpc) is 1.81. The molecule has 0 aromatic carbocycles. The van der Waals surface area contributed by atoms with E-state index >= 15 is 0 Å². The summed E-state index contributed by atoms with van der Waals surface area (Å²) in [5.41, 5.74) is 0. The van der Waals surface area contributed by atoms with Crippen molar-refractivity contribution < 1.29 is 4.79 Å². The van der Waals surface area contributed by atoms with Crippen LogP contribution in [0.4, 0.5) is 0 Å². The van der Waals surface area contributed by atoms with Gasteiger partial charge in [-0.15, -0.1) is 24.8 Å². The van der Waals surface area contributed by atoms with Crippen molar-refractivity contribution in [3.63, 3.8) is 0 Å². The molecule has 86 valence electrons. The van der Waals surface area contributed by atoms with Crippen molar-refractivity contribution >= 4 is 30.7 Å². The lowest BCUT2D eigenvalue weighted by Gasteiger charge is -2.26. The molecule has 0 aromatic rings. The molecule has 0 bridgehead atoms. The highest BCUT2D eigenvalue weighted by atomic mass is 35.5. The summed E-state index contributed by atoms with van der Waals surface area (Å²) in [6, 6.07) is 0.0761. The van der Waals surface area contributed by atoms with Crippen molar-refractivity contribution in [3.05, 3.63) is 0 Å². The summed E-state index contributed by atoms with van der Waals surface area (Å²) in [4.78, 5) is 13.3. The quantitative estimate of drug-likeness (QED) is 0.724. The van der Waals surface area contributed by atoms with Gasteiger partial charge in [0.05, 0.1) is 6.04 Å². The second-order valence-corrected chi connectivity index (χ2v) is 3.39. The van der Waals surface area contributed by atoms with Gasteiger partial charge in [-0.05, 0) is 27.1 Å². The topological polar surface area (TPSA) is 44.4 Å². The number of amides is 1. The fourth-order valence-electron chi connectivity index (χ4n) is 1.04. The maximum absolute atomic E-state index is 11.2. The molecule has 1 amide bonds. The minimum atomic E-state index is 0. The summed E-state index contributed by atoms with van der Waals surface area (Å²) in [6.45, 7) is 2.62. The summed E-state index contributed by atoms with van der Waals surface area (Å²) in [5.74, 6) is 0.142. The van der Waals surface area contributed by atoms with Crippen LogP contribution in [0, 0.1) is 0 Å². The van der Waals surface area contributed by atoms with Gasteiger partial charge in [-0.3, -0.25) is 4.79 Å². The molecular formula is C8H19Cl2N3O. The van der Waals surface area contributed by atoms with Gasteiger partial charge < -0.3 is 15.5 Å². The van der Waals surface area contributed by atoms with E-state index in [0.717, 1.165) is 26.1 Å². The van der Waals surface area contributed by atoms with E-state index in [1.807, 2.05) is 14.1 Å². The zero-order valence-electron chi connectivity index (χ0n) is 8.58. The number of likely N-dealkylation sites (N-methyl/N-ethyl adjacent to an activating group) is 1. The molecule has 0 saturated carbocycles. The maximum Gasteiger partial charge on any atom is 0.237 e. The first kappa shape index (κ1) is 16.4. The SMILES string of the molecule is CN(C)CCNC(=O)C1CCN1.Cl.Cl. The third-order valence-corrected chi connectivity index (χ3v) is 2.00. The van der Waals surface area contributed by atoms with Gasteiger partial charge in [0.15, 0.2) is 0 Å². The Morgan fingerprint density at radius 3 is 2.43 bits per heavy atom. The van der Waals surface area contributed by atoms with Gasteiger partial charge in [-0.1, -0.05) is 0 Å². The Hall–Kier alpha value is -0.0300. The van der Waals surface area contributed by atoms with Crippen LogP contribution in [0.5, 0.6) is 0 Å². The summed E-state index contributed by atoms with van der Waals surface area (Å²) in [5, 5.41) is 5.93. The third kappa shape index (κ3) is 5.65. The highest BCUT2D eigenvalue weighted by Crippen LogP contribution is 2.00. The molecule has 1 aliphatic heterocycles. The monoisotopic (exact) mass is 243 g/mol. The van der Waals surface area contributed by atoms with Crippen LogP contribution in [-0.4, -0.2) is 50.6 Å². The van der Waals surface area contributed by atoms with E-state index in [2.05, 4.69) is 15.5 Å². The second-order valence-electron chi connectivity index (χ2n) is 3.39. The number of halogens is 2. The Bertz CT molecular complexity index is 163. The third-order valence-electron chi connectivity index (χ3n) is 2.00. The van der Waals surface area contributed by atoms with Crippen LogP contribution in [0.15, 0.2) is 0 Å². The number of nitrogens with zero attached hydrogens (tertiary/aromatic N) is 1. The van der Waals surface area contributed by atoms with Gasteiger partial charge >= 0.3 is 0 Å². The van der Waals surface area contributed by atoms with Crippen molar-refractivity contribution in [1.82, 2.24) is 15.5 Å². The van der Waals surface area contributed by atoms with E-state index in [0.29, 0.717) is 0 Å². The molecule has 1 aliphatic rings. The molecule has 2 N–H and O–H groups in total. The molecule has 0 spiro atoms. The number of hydrogen-bond acceptors (Lipinski definition) is 3. The summed E-state index contributed by atoms with van der Waals surface area (Å²) < 4.78 is 0. The average molecular weight is 244 g/mol. The lowest BCUT2D eigenvalue weighted by Crippen LogP contribution is -2.53. The van der Waals surface area contributed by atoms with Crippen LogP contribution in [0.2, 0.25) is 0 Å². The molecule has 0 radical (unpaired) electrons. The maximum atomic E-state index is 11.2. The zero-order valence-corrected chi connectivity index (χ0v) is 10.2. The van der Waals surface area contributed by atoms with Crippen LogP contribution < -0.4 is 10.6 Å².